The predicted molar refractivity (Wildman–Crippen MR) is 212 cm³/mol. The summed E-state index contributed by atoms with van der Waals surface area (Å²) in [6, 6.07) is 20.1. The van der Waals surface area contributed by atoms with Crippen LogP contribution in [-0.2, 0) is 24.9 Å². The number of aromatic amines is 1. The molecule has 0 saturated carbocycles. The van der Waals surface area contributed by atoms with Crippen LogP contribution in [0.2, 0.25) is 5.02 Å². The van der Waals surface area contributed by atoms with Gasteiger partial charge in [0.25, 0.3) is 12.3 Å². The number of alkyl halides is 2. The summed E-state index contributed by atoms with van der Waals surface area (Å²) >= 11 is 6.35. The van der Waals surface area contributed by atoms with Gasteiger partial charge in [-0.25, -0.2) is 18.7 Å². The van der Waals surface area contributed by atoms with Crippen LogP contribution in [0.1, 0.15) is 63.7 Å². The average molecular weight is 780 g/mol. The summed E-state index contributed by atoms with van der Waals surface area (Å²) in [6.07, 6.45) is 1.58. The summed E-state index contributed by atoms with van der Waals surface area (Å²) in [4.78, 5) is 25.2. The van der Waals surface area contributed by atoms with E-state index in [1.807, 2.05) is 61.0 Å². The molecule has 0 atom stereocenters. The van der Waals surface area contributed by atoms with Gasteiger partial charge in [-0.3, -0.25) is 14.8 Å². The zero-order valence-corrected chi connectivity index (χ0v) is 31.9. The topological polar surface area (TPSA) is 123 Å². The number of H-pyrrole nitrogens is 1. The van der Waals surface area contributed by atoms with Crippen LogP contribution in [0.5, 0.6) is 5.88 Å². The van der Waals surface area contributed by atoms with E-state index in [1.54, 1.807) is 25.1 Å². The van der Waals surface area contributed by atoms with Crippen molar-refractivity contribution in [1.29, 1.82) is 0 Å². The van der Waals surface area contributed by atoms with Crippen molar-refractivity contribution >= 4 is 61.7 Å². The number of rotatable bonds is 9. The molecule has 288 valence electrons. The first kappa shape index (κ1) is 37.3. The number of hydrogen-bond acceptors (Lipinski definition) is 8. The van der Waals surface area contributed by atoms with Crippen LogP contribution in [-0.4, -0.2) is 61.8 Å². The largest absolute Gasteiger partial charge is 0.473 e. The number of furan rings is 1. The first-order valence-corrected chi connectivity index (χ1v) is 18.8. The second kappa shape index (κ2) is 15.8. The van der Waals surface area contributed by atoms with Crippen molar-refractivity contribution in [3.05, 3.63) is 117 Å². The summed E-state index contributed by atoms with van der Waals surface area (Å²) < 4.78 is 45.7. The fourth-order valence-electron chi connectivity index (χ4n) is 6.92. The van der Waals surface area contributed by atoms with E-state index in [0.717, 1.165) is 77.6 Å². The van der Waals surface area contributed by atoms with Crippen molar-refractivity contribution in [3.8, 4) is 5.88 Å². The molecule has 2 aliphatic rings. The fourth-order valence-corrected chi connectivity index (χ4v) is 7.13. The number of amides is 1. The Morgan fingerprint density at radius 2 is 1.88 bits per heavy atom. The lowest BCUT2D eigenvalue weighted by Crippen LogP contribution is -2.29. The van der Waals surface area contributed by atoms with E-state index in [9.17, 15) is 13.6 Å². The van der Waals surface area contributed by atoms with Gasteiger partial charge in [0.2, 0.25) is 5.88 Å². The van der Waals surface area contributed by atoms with Gasteiger partial charge in [0.15, 0.2) is 0 Å². The summed E-state index contributed by atoms with van der Waals surface area (Å²) in [5.74, 6) is 1.85. The average Bonchev–Trinajstić information content (AvgIpc) is 3.86. The highest BCUT2D eigenvalue weighted by Gasteiger charge is 2.20. The van der Waals surface area contributed by atoms with Crippen LogP contribution < -0.4 is 10.1 Å². The summed E-state index contributed by atoms with van der Waals surface area (Å²) in [5, 5.41) is 11.1. The molecule has 0 radical (unpaired) electrons. The number of benzene rings is 3. The number of halogens is 3. The Morgan fingerprint density at radius 3 is 2.62 bits per heavy atom. The molecule has 56 heavy (non-hydrogen) atoms. The molecule has 1 saturated heterocycles. The second-order valence-corrected chi connectivity index (χ2v) is 14.4. The zero-order chi connectivity index (χ0) is 38.9. The number of anilines is 1. The lowest BCUT2D eigenvalue weighted by Gasteiger charge is -2.25. The Hall–Kier alpha value is -5.63. The summed E-state index contributed by atoms with van der Waals surface area (Å²) in [7, 11) is 1.97. The van der Waals surface area contributed by atoms with Gasteiger partial charge >= 0.3 is 0 Å². The molecular formula is C42H40ClF2N7O4. The standard InChI is InChI=1S/C39H34ClF2N7O3.C3H6O/c1-21-15-26(18-28-35(21)46-47-36(28)38(41)42)43-39(50)24-8-10-32-31(17-24)44-33(48(32)3)19-49-13-11-23(12-14-49)30-5-4-6-34(45-30)51-20-25-7-9-29(40)27-16-22(2)52-37(25)27;1-2-4-3-1/h4-11,15-18,38H,12-14,19-20H2,1-3H3,(H,43,50)(H,46,47);1-3H2. The van der Waals surface area contributed by atoms with Crippen molar-refractivity contribution in [2.75, 3.05) is 31.6 Å². The Labute approximate surface area is 326 Å². The number of pyridine rings is 1. The van der Waals surface area contributed by atoms with Gasteiger partial charge in [0, 0.05) is 67.0 Å². The van der Waals surface area contributed by atoms with Crippen LogP contribution in [0, 0.1) is 13.8 Å². The number of nitrogens with zero attached hydrogens (tertiary/aromatic N) is 5. The third-order valence-electron chi connectivity index (χ3n) is 10.1. The predicted octanol–water partition coefficient (Wildman–Crippen LogP) is 9.33. The van der Waals surface area contributed by atoms with Crippen molar-refractivity contribution < 1.29 is 27.5 Å². The zero-order valence-electron chi connectivity index (χ0n) is 31.2. The Balaban J connectivity index is 0.00000104. The van der Waals surface area contributed by atoms with Gasteiger partial charge in [0.05, 0.1) is 33.8 Å². The van der Waals surface area contributed by atoms with E-state index in [0.29, 0.717) is 51.9 Å². The number of carbonyl (C=O) groups is 1. The van der Waals surface area contributed by atoms with E-state index in [1.165, 1.54) is 12.5 Å². The Kier molecular flexibility index (Phi) is 10.6. The molecule has 2 N–H and O–H groups in total. The molecule has 4 aromatic heterocycles. The highest BCUT2D eigenvalue weighted by molar-refractivity contribution is 6.35. The van der Waals surface area contributed by atoms with Crippen molar-refractivity contribution in [3.63, 3.8) is 0 Å². The van der Waals surface area contributed by atoms with E-state index < -0.39 is 6.43 Å². The summed E-state index contributed by atoms with van der Waals surface area (Å²) in [5.41, 5.74) is 6.95. The van der Waals surface area contributed by atoms with Crippen LogP contribution in [0.25, 0.3) is 38.5 Å². The summed E-state index contributed by atoms with van der Waals surface area (Å²) in [6.45, 7) is 8.15. The molecule has 0 aliphatic carbocycles. The first-order valence-electron chi connectivity index (χ1n) is 18.4. The molecule has 1 fully saturated rings. The lowest BCUT2D eigenvalue weighted by molar-refractivity contribution is 0.0367. The minimum atomic E-state index is -2.71. The molecule has 11 nitrogen and oxygen atoms in total. The molecule has 6 heterocycles. The molecule has 2 aliphatic heterocycles. The second-order valence-electron chi connectivity index (χ2n) is 14.0. The Bertz CT molecular complexity index is 2610. The molecule has 0 bridgehead atoms. The number of carbonyl (C=O) groups excluding carboxylic acids is 1. The van der Waals surface area contributed by atoms with Crippen molar-refractivity contribution in [1.82, 2.24) is 29.6 Å². The van der Waals surface area contributed by atoms with E-state index >= 15 is 0 Å². The van der Waals surface area contributed by atoms with E-state index in [2.05, 4.69) is 26.5 Å². The smallest absolute Gasteiger partial charge is 0.280 e. The minimum absolute atomic E-state index is 0.273. The fraction of sp³-hybridized carbons (Fsp3) is 0.286. The molecule has 7 aromatic rings. The normalized spacial score (nSPS) is 14.5. The van der Waals surface area contributed by atoms with Crippen LogP contribution in [0.4, 0.5) is 14.5 Å². The lowest BCUT2D eigenvalue weighted by atomic mass is 10.0. The van der Waals surface area contributed by atoms with Gasteiger partial charge in [-0.2, -0.15) is 5.10 Å². The minimum Gasteiger partial charge on any atom is -0.473 e. The van der Waals surface area contributed by atoms with Crippen LogP contribution in [0.3, 0.4) is 0 Å². The number of fused-ring (bicyclic) bond motifs is 3. The number of imidazole rings is 1. The number of ether oxygens (including phenoxy) is 2. The Morgan fingerprint density at radius 1 is 1.05 bits per heavy atom. The first-order chi connectivity index (χ1) is 27.1. The van der Waals surface area contributed by atoms with Gasteiger partial charge in [-0.1, -0.05) is 29.8 Å². The molecule has 0 unspecified atom stereocenters. The molecule has 1 amide bonds. The number of aryl methyl sites for hydroxylation is 3. The molecule has 0 spiro atoms. The SMILES string of the molecule is C1COC1.Cc1cc2c(Cl)ccc(COc3cccc(C4=CCN(Cc5nc6cc(C(=O)Nc7cc(C)c8n[nH]c(C(F)F)c8c7)ccc6n5C)CC4)n3)c2o1. The number of nitrogens with one attached hydrogen (secondary N) is 2. The van der Waals surface area contributed by atoms with Gasteiger partial charge in [-0.15, -0.1) is 0 Å². The van der Waals surface area contributed by atoms with Crippen LogP contribution >= 0.6 is 11.6 Å². The number of aromatic nitrogens is 5. The van der Waals surface area contributed by atoms with E-state index in [4.69, 9.17) is 35.5 Å². The highest BCUT2D eigenvalue weighted by atomic mass is 35.5. The third-order valence-corrected chi connectivity index (χ3v) is 10.4. The maximum Gasteiger partial charge on any atom is 0.280 e. The monoisotopic (exact) mass is 779 g/mol. The van der Waals surface area contributed by atoms with E-state index in [-0.39, 0.29) is 17.0 Å². The van der Waals surface area contributed by atoms with Gasteiger partial charge in [0.1, 0.15) is 29.5 Å². The highest BCUT2D eigenvalue weighted by Crippen LogP contribution is 2.32. The number of hydrogen-bond donors (Lipinski definition) is 2. The quantitative estimate of drug-likeness (QED) is 0.149. The van der Waals surface area contributed by atoms with Crippen LogP contribution in [0.15, 0.2) is 77.2 Å². The van der Waals surface area contributed by atoms with Gasteiger partial charge in [-0.05, 0) is 86.4 Å². The van der Waals surface area contributed by atoms with Crippen molar-refractivity contribution in [2.45, 2.75) is 46.3 Å². The molecule has 9 rings (SSSR count). The molecule has 3 aromatic carbocycles. The van der Waals surface area contributed by atoms with Crippen molar-refractivity contribution in [2.24, 2.45) is 7.05 Å². The molecular weight excluding hydrogens is 740 g/mol. The maximum atomic E-state index is 13.5. The third kappa shape index (κ3) is 7.75. The maximum absolute atomic E-state index is 13.5. The van der Waals surface area contributed by atoms with Gasteiger partial charge < -0.3 is 23.8 Å². The molecule has 14 heteroatoms.